The van der Waals surface area contributed by atoms with Crippen LogP contribution in [0, 0.1) is 0 Å². The van der Waals surface area contributed by atoms with Gasteiger partial charge in [0.1, 0.15) is 0 Å². The Balaban J connectivity index is 1.32. The molecule has 0 aliphatic carbocycles. The molecular weight excluding hydrogens is 366 g/mol. The van der Waals surface area contributed by atoms with Crippen molar-refractivity contribution in [2.24, 2.45) is 0 Å². The van der Waals surface area contributed by atoms with Gasteiger partial charge in [-0.25, -0.2) is 0 Å². The zero-order valence-electron chi connectivity index (χ0n) is 15.5. The molecule has 0 aromatic heterocycles. The molecule has 1 amide bonds. The Labute approximate surface area is 166 Å². The van der Waals surface area contributed by atoms with E-state index >= 15 is 0 Å². The molecule has 2 aliphatic rings. The molecule has 0 bridgehead atoms. The number of piperazine rings is 1. The number of benzene rings is 1. The highest BCUT2D eigenvalue weighted by Gasteiger charge is 2.22. The molecule has 144 valence electrons. The molecular formula is C20H30ClN3OS. The molecule has 1 aromatic rings. The van der Waals surface area contributed by atoms with E-state index in [2.05, 4.69) is 26.8 Å². The Morgan fingerprint density at radius 2 is 1.50 bits per heavy atom. The van der Waals surface area contributed by atoms with Gasteiger partial charge in [0.25, 0.3) is 0 Å². The largest absolute Gasteiger partial charge is 0.342 e. The van der Waals surface area contributed by atoms with E-state index in [-0.39, 0.29) is 0 Å². The second-order valence-electron chi connectivity index (χ2n) is 7.22. The van der Waals surface area contributed by atoms with Crippen molar-refractivity contribution in [1.82, 2.24) is 14.7 Å². The van der Waals surface area contributed by atoms with E-state index in [4.69, 9.17) is 11.6 Å². The number of carbonyl (C=O) groups excluding carboxylic acids is 1. The highest BCUT2D eigenvalue weighted by atomic mass is 35.5. The Kier molecular flexibility index (Phi) is 8.11. The van der Waals surface area contributed by atoms with E-state index in [1.54, 1.807) is 0 Å². The third kappa shape index (κ3) is 6.45. The third-order valence-electron chi connectivity index (χ3n) is 5.27. The summed E-state index contributed by atoms with van der Waals surface area (Å²) in [7, 11) is 0. The molecule has 0 saturated carbocycles. The summed E-state index contributed by atoms with van der Waals surface area (Å²) in [5.41, 5.74) is 0. The molecule has 6 heteroatoms. The van der Waals surface area contributed by atoms with Gasteiger partial charge in [-0.15, -0.1) is 11.8 Å². The van der Waals surface area contributed by atoms with Crippen molar-refractivity contribution in [3.05, 3.63) is 29.3 Å². The maximum absolute atomic E-state index is 12.5. The lowest BCUT2D eigenvalue weighted by molar-refractivity contribution is -0.132. The molecule has 2 heterocycles. The fourth-order valence-electron chi connectivity index (χ4n) is 3.61. The van der Waals surface area contributed by atoms with Gasteiger partial charge in [-0.1, -0.05) is 24.4 Å². The van der Waals surface area contributed by atoms with Gasteiger partial charge in [-0.2, -0.15) is 0 Å². The Hall–Kier alpha value is -0.750. The summed E-state index contributed by atoms with van der Waals surface area (Å²) < 4.78 is 0. The van der Waals surface area contributed by atoms with Crippen LogP contribution in [0.15, 0.2) is 29.2 Å². The molecule has 3 rings (SSSR count). The number of amides is 1. The number of rotatable bonds is 6. The van der Waals surface area contributed by atoms with Gasteiger partial charge in [-0.05, 0) is 37.1 Å². The minimum absolute atomic E-state index is 0.332. The van der Waals surface area contributed by atoms with Crippen LogP contribution < -0.4 is 0 Å². The highest BCUT2D eigenvalue weighted by molar-refractivity contribution is 7.99. The average Bonchev–Trinajstić information content (AvgIpc) is 2.94. The van der Waals surface area contributed by atoms with Crippen molar-refractivity contribution in [2.45, 2.75) is 30.6 Å². The number of hydrogen-bond donors (Lipinski definition) is 0. The molecule has 0 unspecified atom stereocenters. The maximum Gasteiger partial charge on any atom is 0.236 e. The van der Waals surface area contributed by atoms with Gasteiger partial charge in [0, 0.05) is 61.5 Å². The number of thioether (sulfide) groups is 1. The summed E-state index contributed by atoms with van der Waals surface area (Å²) in [5, 5.41) is 0.792. The van der Waals surface area contributed by atoms with Crippen LogP contribution in [-0.2, 0) is 4.79 Å². The van der Waals surface area contributed by atoms with Crippen LogP contribution in [0.3, 0.4) is 0 Å². The molecule has 0 atom stereocenters. The van der Waals surface area contributed by atoms with Crippen LogP contribution in [0.25, 0.3) is 0 Å². The van der Waals surface area contributed by atoms with Crippen LogP contribution in [-0.4, -0.2) is 78.7 Å². The first-order chi connectivity index (χ1) is 12.7. The van der Waals surface area contributed by atoms with Gasteiger partial charge >= 0.3 is 0 Å². The summed E-state index contributed by atoms with van der Waals surface area (Å²) in [6, 6.07) is 8.06. The Bertz CT molecular complexity index is 553. The Morgan fingerprint density at radius 3 is 2.15 bits per heavy atom. The van der Waals surface area contributed by atoms with E-state index in [0.717, 1.165) is 56.6 Å². The monoisotopic (exact) mass is 395 g/mol. The zero-order chi connectivity index (χ0) is 18.2. The van der Waals surface area contributed by atoms with Crippen molar-refractivity contribution < 1.29 is 4.79 Å². The first kappa shape index (κ1) is 20.0. The zero-order valence-corrected chi connectivity index (χ0v) is 17.1. The fourth-order valence-corrected chi connectivity index (χ4v) is 4.65. The van der Waals surface area contributed by atoms with Gasteiger partial charge < -0.3 is 4.90 Å². The van der Waals surface area contributed by atoms with Crippen LogP contribution in [0.2, 0.25) is 5.02 Å². The average molecular weight is 396 g/mol. The van der Waals surface area contributed by atoms with Gasteiger partial charge in [0.05, 0.1) is 6.54 Å². The first-order valence-corrected chi connectivity index (χ1v) is 11.2. The predicted octanol–water partition coefficient (Wildman–Crippen LogP) is 3.45. The van der Waals surface area contributed by atoms with Crippen molar-refractivity contribution in [3.8, 4) is 0 Å². The van der Waals surface area contributed by atoms with Crippen LogP contribution in [0.5, 0.6) is 0 Å². The first-order valence-electron chi connectivity index (χ1n) is 9.81. The molecule has 2 aliphatic heterocycles. The van der Waals surface area contributed by atoms with Gasteiger partial charge in [-0.3, -0.25) is 14.6 Å². The van der Waals surface area contributed by atoms with Crippen molar-refractivity contribution in [2.75, 3.05) is 58.1 Å². The minimum atomic E-state index is 0.332. The lowest BCUT2D eigenvalue weighted by Gasteiger charge is -2.35. The maximum atomic E-state index is 12.5. The highest BCUT2D eigenvalue weighted by Crippen LogP contribution is 2.20. The fraction of sp³-hybridized carbons (Fsp3) is 0.650. The van der Waals surface area contributed by atoms with Crippen molar-refractivity contribution in [1.29, 1.82) is 0 Å². The van der Waals surface area contributed by atoms with E-state index in [0.29, 0.717) is 12.5 Å². The van der Waals surface area contributed by atoms with E-state index in [1.165, 1.54) is 30.6 Å². The molecule has 0 N–H and O–H groups in total. The summed E-state index contributed by atoms with van der Waals surface area (Å²) in [6.45, 7) is 7.76. The molecule has 26 heavy (non-hydrogen) atoms. The van der Waals surface area contributed by atoms with Crippen molar-refractivity contribution >= 4 is 29.3 Å². The topological polar surface area (TPSA) is 26.8 Å². The summed E-state index contributed by atoms with van der Waals surface area (Å²) in [5.74, 6) is 1.42. The molecule has 2 fully saturated rings. The number of hydrogen-bond acceptors (Lipinski definition) is 4. The normalized spacial score (nSPS) is 20.1. The second-order valence-corrected chi connectivity index (χ2v) is 8.82. The standard InChI is InChI=1S/C20H30ClN3OS/c21-18-5-7-19(8-6-18)26-16-15-22-11-13-23(14-12-22)17-20(25)24-9-3-1-2-4-10-24/h5-8H,1-4,9-17H2. The lowest BCUT2D eigenvalue weighted by Crippen LogP contribution is -2.50. The summed E-state index contributed by atoms with van der Waals surface area (Å²) in [6.07, 6.45) is 4.89. The quantitative estimate of drug-likeness (QED) is 0.689. The van der Waals surface area contributed by atoms with E-state index in [1.807, 2.05) is 23.9 Å². The van der Waals surface area contributed by atoms with Gasteiger partial charge in [0.2, 0.25) is 5.91 Å². The van der Waals surface area contributed by atoms with Crippen LogP contribution in [0.1, 0.15) is 25.7 Å². The second kappa shape index (κ2) is 10.5. The number of nitrogens with zero attached hydrogens (tertiary/aromatic N) is 3. The molecule has 2 saturated heterocycles. The molecule has 0 radical (unpaired) electrons. The van der Waals surface area contributed by atoms with Crippen LogP contribution >= 0.6 is 23.4 Å². The van der Waals surface area contributed by atoms with E-state index in [9.17, 15) is 4.79 Å². The van der Waals surface area contributed by atoms with Crippen LogP contribution in [0.4, 0.5) is 0 Å². The smallest absolute Gasteiger partial charge is 0.236 e. The molecule has 4 nitrogen and oxygen atoms in total. The predicted molar refractivity (Wildman–Crippen MR) is 110 cm³/mol. The number of halogens is 1. The SMILES string of the molecule is O=C(CN1CCN(CCSc2ccc(Cl)cc2)CC1)N1CCCCCC1. The van der Waals surface area contributed by atoms with Gasteiger partial charge in [0.15, 0.2) is 0 Å². The number of carbonyl (C=O) groups is 1. The number of likely N-dealkylation sites (tertiary alicyclic amines) is 1. The Morgan fingerprint density at radius 1 is 0.885 bits per heavy atom. The van der Waals surface area contributed by atoms with E-state index < -0.39 is 0 Å². The third-order valence-corrected chi connectivity index (χ3v) is 6.52. The van der Waals surface area contributed by atoms with Crippen molar-refractivity contribution in [3.63, 3.8) is 0 Å². The molecule has 1 aromatic carbocycles. The summed E-state index contributed by atoms with van der Waals surface area (Å²) in [4.78, 5) is 20.7. The molecule has 0 spiro atoms. The lowest BCUT2D eigenvalue weighted by atomic mass is 10.2. The summed E-state index contributed by atoms with van der Waals surface area (Å²) >= 11 is 7.81. The minimum Gasteiger partial charge on any atom is -0.342 e.